The van der Waals surface area contributed by atoms with E-state index in [-0.39, 0.29) is 24.8 Å². The highest BCUT2D eigenvalue weighted by molar-refractivity contribution is 9.10. The lowest BCUT2D eigenvalue weighted by Gasteiger charge is -2.22. The van der Waals surface area contributed by atoms with Crippen molar-refractivity contribution in [1.82, 2.24) is 15.1 Å². The Balaban J connectivity index is 1.58. The minimum absolute atomic E-state index is 0.124. The molecule has 2 aromatic carbocycles. The zero-order valence-electron chi connectivity index (χ0n) is 16.3. The SMILES string of the molecule is CCCN(CCC(=O)Nc1nnc(-c2cccc(Br)c2)s1)C(=O)c1ccc(F)cc1. The van der Waals surface area contributed by atoms with Crippen LogP contribution in [0.3, 0.4) is 0 Å². The van der Waals surface area contributed by atoms with Gasteiger partial charge in [0.1, 0.15) is 10.8 Å². The van der Waals surface area contributed by atoms with Crippen molar-refractivity contribution in [1.29, 1.82) is 0 Å². The summed E-state index contributed by atoms with van der Waals surface area (Å²) in [5.74, 6) is -0.871. The molecule has 0 fully saturated rings. The van der Waals surface area contributed by atoms with Gasteiger partial charge in [-0.3, -0.25) is 9.59 Å². The fourth-order valence-electron chi connectivity index (χ4n) is 2.79. The van der Waals surface area contributed by atoms with Crippen LogP contribution in [0, 0.1) is 5.82 Å². The summed E-state index contributed by atoms with van der Waals surface area (Å²) in [6, 6.07) is 13.1. The summed E-state index contributed by atoms with van der Waals surface area (Å²) in [6.45, 7) is 2.72. The summed E-state index contributed by atoms with van der Waals surface area (Å²) in [5.41, 5.74) is 1.30. The highest BCUT2D eigenvalue weighted by Crippen LogP contribution is 2.28. The van der Waals surface area contributed by atoms with E-state index in [2.05, 4.69) is 31.4 Å². The molecule has 0 unspecified atom stereocenters. The van der Waals surface area contributed by atoms with E-state index in [1.165, 1.54) is 35.6 Å². The lowest BCUT2D eigenvalue weighted by atomic mass is 10.2. The second kappa shape index (κ2) is 10.4. The summed E-state index contributed by atoms with van der Waals surface area (Å²) in [4.78, 5) is 26.6. The Morgan fingerprint density at radius 3 is 2.60 bits per heavy atom. The molecule has 0 aliphatic rings. The first-order valence-electron chi connectivity index (χ1n) is 9.40. The van der Waals surface area contributed by atoms with Crippen LogP contribution in [0.5, 0.6) is 0 Å². The van der Waals surface area contributed by atoms with E-state index >= 15 is 0 Å². The maximum absolute atomic E-state index is 13.1. The lowest BCUT2D eigenvalue weighted by Crippen LogP contribution is -2.34. The quantitative estimate of drug-likeness (QED) is 0.482. The van der Waals surface area contributed by atoms with Gasteiger partial charge < -0.3 is 10.2 Å². The molecule has 0 radical (unpaired) electrons. The third kappa shape index (κ3) is 5.93. The van der Waals surface area contributed by atoms with Gasteiger partial charge in [0.2, 0.25) is 11.0 Å². The second-order valence-electron chi connectivity index (χ2n) is 6.52. The van der Waals surface area contributed by atoms with Gasteiger partial charge in [-0.25, -0.2) is 4.39 Å². The first-order chi connectivity index (χ1) is 14.5. The van der Waals surface area contributed by atoms with Gasteiger partial charge in [0, 0.05) is 35.1 Å². The summed E-state index contributed by atoms with van der Waals surface area (Å²) in [6.07, 6.45) is 0.875. The molecule has 30 heavy (non-hydrogen) atoms. The van der Waals surface area contributed by atoms with Gasteiger partial charge in [0.05, 0.1) is 0 Å². The minimum atomic E-state index is -0.396. The van der Waals surface area contributed by atoms with Crippen molar-refractivity contribution >= 4 is 44.2 Å². The van der Waals surface area contributed by atoms with Gasteiger partial charge in [-0.1, -0.05) is 46.3 Å². The molecule has 6 nitrogen and oxygen atoms in total. The molecule has 0 saturated carbocycles. The highest BCUT2D eigenvalue weighted by Gasteiger charge is 2.17. The summed E-state index contributed by atoms with van der Waals surface area (Å²) in [5, 5.41) is 12.0. The van der Waals surface area contributed by atoms with E-state index in [4.69, 9.17) is 0 Å². The molecular formula is C21H20BrFN4O2S. The number of benzene rings is 2. The molecule has 1 aromatic heterocycles. The van der Waals surface area contributed by atoms with E-state index in [1.54, 1.807) is 4.90 Å². The summed E-state index contributed by atoms with van der Waals surface area (Å²) >= 11 is 4.70. The zero-order chi connectivity index (χ0) is 21.5. The number of nitrogens with one attached hydrogen (secondary N) is 1. The zero-order valence-corrected chi connectivity index (χ0v) is 18.7. The van der Waals surface area contributed by atoms with Crippen molar-refractivity contribution in [2.75, 3.05) is 18.4 Å². The van der Waals surface area contributed by atoms with Crippen LogP contribution < -0.4 is 5.32 Å². The molecule has 0 aliphatic carbocycles. The van der Waals surface area contributed by atoms with Gasteiger partial charge in [-0.15, -0.1) is 10.2 Å². The van der Waals surface area contributed by atoms with E-state index in [1.807, 2.05) is 31.2 Å². The maximum Gasteiger partial charge on any atom is 0.253 e. The molecule has 9 heteroatoms. The lowest BCUT2D eigenvalue weighted by molar-refractivity contribution is -0.116. The Hall–Kier alpha value is -2.65. The Labute approximate surface area is 186 Å². The van der Waals surface area contributed by atoms with E-state index in [0.29, 0.717) is 22.2 Å². The number of carbonyl (C=O) groups is 2. The van der Waals surface area contributed by atoms with Crippen molar-refractivity contribution in [2.24, 2.45) is 0 Å². The maximum atomic E-state index is 13.1. The minimum Gasteiger partial charge on any atom is -0.338 e. The molecule has 0 saturated heterocycles. The third-order valence-electron chi connectivity index (χ3n) is 4.22. The van der Waals surface area contributed by atoms with Crippen molar-refractivity contribution in [3.05, 3.63) is 64.4 Å². The van der Waals surface area contributed by atoms with Crippen LogP contribution in [0.1, 0.15) is 30.1 Å². The van der Waals surface area contributed by atoms with Gasteiger partial charge >= 0.3 is 0 Å². The molecule has 1 N–H and O–H groups in total. The molecule has 0 bridgehead atoms. The first kappa shape index (κ1) is 22.0. The van der Waals surface area contributed by atoms with Crippen molar-refractivity contribution in [2.45, 2.75) is 19.8 Å². The molecule has 0 aliphatic heterocycles. The van der Waals surface area contributed by atoms with Crippen molar-refractivity contribution < 1.29 is 14.0 Å². The van der Waals surface area contributed by atoms with Crippen LogP contribution in [-0.2, 0) is 4.79 Å². The Morgan fingerprint density at radius 1 is 1.13 bits per heavy atom. The highest BCUT2D eigenvalue weighted by atomic mass is 79.9. The number of hydrogen-bond acceptors (Lipinski definition) is 5. The topological polar surface area (TPSA) is 75.2 Å². The predicted octanol–water partition coefficient (Wildman–Crippen LogP) is 4.99. The monoisotopic (exact) mass is 490 g/mol. The average Bonchev–Trinajstić information content (AvgIpc) is 3.19. The number of carbonyl (C=O) groups excluding carboxylic acids is 2. The molecule has 0 atom stereocenters. The van der Waals surface area contributed by atoms with Gasteiger partial charge in [-0.05, 0) is 42.8 Å². The Bertz CT molecular complexity index is 1030. The number of aromatic nitrogens is 2. The average molecular weight is 491 g/mol. The second-order valence-corrected chi connectivity index (χ2v) is 8.41. The molecular weight excluding hydrogens is 471 g/mol. The van der Waals surface area contributed by atoms with Crippen LogP contribution in [0.15, 0.2) is 53.0 Å². The van der Waals surface area contributed by atoms with E-state index in [0.717, 1.165) is 16.5 Å². The molecule has 3 rings (SSSR count). The smallest absolute Gasteiger partial charge is 0.253 e. The van der Waals surface area contributed by atoms with Crippen LogP contribution in [0.4, 0.5) is 9.52 Å². The molecule has 1 heterocycles. The van der Waals surface area contributed by atoms with Crippen LogP contribution in [0.2, 0.25) is 0 Å². The number of amides is 2. The van der Waals surface area contributed by atoms with Gasteiger partial charge in [0.15, 0.2) is 0 Å². The normalized spacial score (nSPS) is 10.6. The molecule has 156 valence electrons. The van der Waals surface area contributed by atoms with Gasteiger partial charge in [-0.2, -0.15) is 0 Å². The molecule has 3 aromatic rings. The number of halogens is 2. The van der Waals surface area contributed by atoms with E-state index < -0.39 is 5.82 Å². The number of rotatable bonds is 8. The fraction of sp³-hybridized carbons (Fsp3) is 0.238. The number of nitrogens with zero attached hydrogens (tertiary/aromatic N) is 3. The summed E-state index contributed by atoms with van der Waals surface area (Å²) in [7, 11) is 0. The third-order valence-corrected chi connectivity index (χ3v) is 5.60. The Morgan fingerprint density at radius 2 is 1.90 bits per heavy atom. The standard InChI is InChI=1S/C21H20BrFN4O2S/c1-2-11-27(20(29)14-6-8-17(23)9-7-14)12-10-18(28)24-21-26-25-19(30-21)15-4-3-5-16(22)13-15/h3-9,13H,2,10-12H2,1H3,(H,24,26,28). The first-order valence-corrected chi connectivity index (χ1v) is 11.0. The van der Waals surface area contributed by atoms with Crippen LogP contribution in [0.25, 0.3) is 10.6 Å². The van der Waals surface area contributed by atoms with Crippen LogP contribution >= 0.6 is 27.3 Å². The number of anilines is 1. The largest absolute Gasteiger partial charge is 0.338 e. The van der Waals surface area contributed by atoms with Crippen molar-refractivity contribution in [3.63, 3.8) is 0 Å². The fourth-order valence-corrected chi connectivity index (χ4v) is 3.95. The molecule has 0 spiro atoms. The number of hydrogen-bond donors (Lipinski definition) is 1. The van der Waals surface area contributed by atoms with E-state index in [9.17, 15) is 14.0 Å². The van der Waals surface area contributed by atoms with Crippen LogP contribution in [-0.4, -0.2) is 40.0 Å². The predicted molar refractivity (Wildman–Crippen MR) is 119 cm³/mol. The summed E-state index contributed by atoms with van der Waals surface area (Å²) < 4.78 is 14.0. The van der Waals surface area contributed by atoms with Crippen molar-refractivity contribution in [3.8, 4) is 10.6 Å². The van der Waals surface area contributed by atoms with Gasteiger partial charge in [0.25, 0.3) is 5.91 Å². The molecule has 2 amide bonds. The Kier molecular flexibility index (Phi) is 7.64.